The van der Waals surface area contributed by atoms with E-state index in [1.165, 1.54) is 24.3 Å². The first kappa shape index (κ1) is 23.9. The molecule has 0 saturated heterocycles. The van der Waals surface area contributed by atoms with E-state index in [9.17, 15) is 19.7 Å². The second-order valence-electron chi connectivity index (χ2n) is 7.03. The first-order chi connectivity index (χ1) is 15.7. The molecule has 0 aromatic heterocycles. The van der Waals surface area contributed by atoms with Gasteiger partial charge in [-0.1, -0.05) is 24.6 Å². The van der Waals surface area contributed by atoms with Crippen molar-refractivity contribution in [2.75, 3.05) is 6.61 Å². The van der Waals surface area contributed by atoms with E-state index in [4.69, 9.17) is 25.8 Å². The van der Waals surface area contributed by atoms with Crippen molar-refractivity contribution in [2.45, 2.75) is 33.6 Å². The summed E-state index contributed by atoms with van der Waals surface area (Å²) in [6.07, 6.45) is 2.29. The van der Waals surface area contributed by atoms with Gasteiger partial charge < -0.3 is 14.2 Å². The number of ether oxygens (including phenoxy) is 3. The van der Waals surface area contributed by atoms with E-state index >= 15 is 0 Å². The number of benzene rings is 2. The summed E-state index contributed by atoms with van der Waals surface area (Å²) in [7, 11) is 0. The fourth-order valence-corrected chi connectivity index (χ4v) is 3.40. The summed E-state index contributed by atoms with van der Waals surface area (Å²) in [5.74, 6) is -0.847. The number of rotatable bonds is 8. The number of halogens is 1. The molecular weight excluding hydrogens is 452 g/mol. The molecule has 0 radical (unpaired) electrons. The van der Waals surface area contributed by atoms with Gasteiger partial charge in [0.15, 0.2) is 17.2 Å². The zero-order valence-corrected chi connectivity index (χ0v) is 19.0. The molecule has 3 rings (SSSR count). The van der Waals surface area contributed by atoms with Crippen molar-refractivity contribution in [3.05, 3.63) is 67.9 Å². The molecule has 0 atom stereocenters. The lowest BCUT2D eigenvalue weighted by Crippen LogP contribution is -2.09. The molecule has 172 valence electrons. The zero-order chi connectivity index (χ0) is 24.1. The van der Waals surface area contributed by atoms with Gasteiger partial charge in [0.1, 0.15) is 0 Å². The summed E-state index contributed by atoms with van der Waals surface area (Å²) in [6, 6.07) is 7.51. The quantitative estimate of drug-likeness (QED) is 0.174. The number of carbonyl (C=O) groups excluding carboxylic acids is 2. The summed E-state index contributed by atoms with van der Waals surface area (Å²) < 4.78 is 16.2. The fourth-order valence-electron chi connectivity index (χ4n) is 3.14. The lowest BCUT2D eigenvalue weighted by atomic mass is 10.1. The lowest BCUT2D eigenvalue weighted by molar-refractivity contribution is -0.385. The highest BCUT2D eigenvalue weighted by atomic mass is 35.5. The third-order valence-corrected chi connectivity index (χ3v) is 4.94. The number of cyclic esters (lactones) is 1. The van der Waals surface area contributed by atoms with Gasteiger partial charge in [0.05, 0.1) is 16.6 Å². The SMILES string of the molecule is CCCC(=O)Oc1c(Cl)cc(/C=C2\N=C(c3cccc([N+](=O)[O-])c3C)OC2=O)cc1OCC. The Morgan fingerprint density at radius 1 is 1.30 bits per heavy atom. The molecule has 0 amide bonds. The molecule has 0 N–H and O–H groups in total. The maximum Gasteiger partial charge on any atom is 0.363 e. The third kappa shape index (κ3) is 5.38. The molecule has 0 unspecified atom stereocenters. The first-order valence-electron chi connectivity index (χ1n) is 10.2. The molecule has 9 nitrogen and oxygen atoms in total. The maximum atomic E-state index is 12.4. The summed E-state index contributed by atoms with van der Waals surface area (Å²) in [5, 5.41) is 11.3. The number of nitro groups is 1. The van der Waals surface area contributed by atoms with Crippen molar-refractivity contribution in [2.24, 2.45) is 4.99 Å². The van der Waals surface area contributed by atoms with Crippen molar-refractivity contribution in [3.8, 4) is 11.5 Å². The standard InChI is InChI=1S/C23H21ClN2O7/c1-4-7-20(27)32-21-16(24)10-14(12-19(21)31-5-2)11-17-23(28)33-22(25-17)15-8-6-9-18(13(15)3)26(29)30/h6,8-12H,4-5,7H2,1-3H3/b17-11-. The van der Waals surface area contributed by atoms with Crippen LogP contribution in [0.2, 0.25) is 5.02 Å². The van der Waals surface area contributed by atoms with Gasteiger partial charge in [-0.2, -0.15) is 0 Å². The molecule has 0 spiro atoms. The van der Waals surface area contributed by atoms with Gasteiger partial charge in [0, 0.05) is 23.6 Å². The minimum absolute atomic E-state index is 0.0230. The summed E-state index contributed by atoms with van der Waals surface area (Å²) >= 11 is 6.33. The van der Waals surface area contributed by atoms with Crippen LogP contribution in [0.1, 0.15) is 43.4 Å². The highest BCUT2D eigenvalue weighted by Gasteiger charge is 2.28. The highest BCUT2D eigenvalue weighted by Crippen LogP contribution is 2.38. The molecule has 0 fully saturated rings. The smallest absolute Gasteiger partial charge is 0.363 e. The van der Waals surface area contributed by atoms with Gasteiger partial charge in [-0.05, 0) is 50.1 Å². The van der Waals surface area contributed by atoms with Crippen molar-refractivity contribution in [3.63, 3.8) is 0 Å². The van der Waals surface area contributed by atoms with Crippen molar-refractivity contribution >= 4 is 41.2 Å². The van der Waals surface area contributed by atoms with E-state index in [1.54, 1.807) is 26.0 Å². The van der Waals surface area contributed by atoms with Crippen LogP contribution in [-0.2, 0) is 14.3 Å². The average Bonchev–Trinajstić information content (AvgIpc) is 3.11. The number of esters is 2. The molecule has 0 bridgehead atoms. The van der Waals surface area contributed by atoms with E-state index in [-0.39, 0.29) is 40.2 Å². The van der Waals surface area contributed by atoms with Crippen LogP contribution in [0.15, 0.2) is 41.0 Å². The Morgan fingerprint density at radius 2 is 2.06 bits per heavy atom. The van der Waals surface area contributed by atoms with Crippen LogP contribution in [0.3, 0.4) is 0 Å². The molecule has 33 heavy (non-hydrogen) atoms. The normalized spacial score (nSPS) is 14.1. The third-order valence-electron chi connectivity index (χ3n) is 4.66. The maximum absolute atomic E-state index is 12.4. The zero-order valence-electron chi connectivity index (χ0n) is 18.2. The molecule has 2 aromatic rings. The van der Waals surface area contributed by atoms with Crippen LogP contribution >= 0.6 is 11.6 Å². The lowest BCUT2D eigenvalue weighted by Gasteiger charge is -2.13. The Hall–Kier alpha value is -3.72. The van der Waals surface area contributed by atoms with E-state index in [2.05, 4.69) is 4.99 Å². The van der Waals surface area contributed by atoms with E-state index in [0.29, 0.717) is 29.7 Å². The average molecular weight is 473 g/mol. The Bertz CT molecular complexity index is 1190. The van der Waals surface area contributed by atoms with Crippen LogP contribution in [0.4, 0.5) is 5.69 Å². The van der Waals surface area contributed by atoms with Crippen LogP contribution < -0.4 is 9.47 Å². The van der Waals surface area contributed by atoms with Crippen LogP contribution in [-0.4, -0.2) is 29.4 Å². The number of hydrogen-bond acceptors (Lipinski definition) is 8. The monoisotopic (exact) mass is 472 g/mol. The number of nitrogens with zero attached hydrogens (tertiary/aromatic N) is 2. The molecule has 10 heteroatoms. The van der Waals surface area contributed by atoms with E-state index < -0.39 is 16.9 Å². The Kier molecular flexibility index (Phi) is 7.44. The minimum atomic E-state index is -0.719. The summed E-state index contributed by atoms with van der Waals surface area (Å²) in [5.41, 5.74) is 1.00. The molecule has 0 saturated carbocycles. The van der Waals surface area contributed by atoms with Gasteiger partial charge in [-0.25, -0.2) is 9.79 Å². The number of hydrogen-bond donors (Lipinski definition) is 0. The molecule has 2 aromatic carbocycles. The van der Waals surface area contributed by atoms with Crippen molar-refractivity contribution in [1.82, 2.24) is 0 Å². The Balaban J connectivity index is 1.98. The summed E-state index contributed by atoms with van der Waals surface area (Å²) in [4.78, 5) is 39.2. The van der Waals surface area contributed by atoms with Gasteiger partial charge in [0.25, 0.3) is 5.69 Å². The molecular formula is C23H21ClN2O7. The number of aliphatic imine (C=N–C) groups is 1. The van der Waals surface area contributed by atoms with Crippen molar-refractivity contribution in [1.29, 1.82) is 0 Å². The first-order valence-corrected chi connectivity index (χ1v) is 10.6. The van der Waals surface area contributed by atoms with Crippen LogP contribution in [0.25, 0.3) is 6.08 Å². The topological polar surface area (TPSA) is 117 Å². The Labute approximate surface area is 194 Å². The minimum Gasteiger partial charge on any atom is -0.490 e. The molecule has 1 aliphatic rings. The van der Waals surface area contributed by atoms with Crippen molar-refractivity contribution < 1.29 is 28.7 Å². The number of carbonyl (C=O) groups is 2. The predicted molar refractivity (Wildman–Crippen MR) is 122 cm³/mol. The van der Waals surface area contributed by atoms with E-state index in [0.717, 1.165) is 0 Å². The van der Waals surface area contributed by atoms with E-state index in [1.807, 2.05) is 6.92 Å². The molecule has 0 aliphatic carbocycles. The van der Waals surface area contributed by atoms with Crippen LogP contribution in [0, 0.1) is 17.0 Å². The van der Waals surface area contributed by atoms with Gasteiger partial charge in [0.2, 0.25) is 5.90 Å². The predicted octanol–water partition coefficient (Wildman–Crippen LogP) is 5.01. The highest BCUT2D eigenvalue weighted by molar-refractivity contribution is 6.32. The van der Waals surface area contributed by atoms with Crippen LogP contribution in [0.5, 0.6) is 11.5 Å². The summed E-state index contributed by atoms with van der Waals surface area (Å²) in [6.45, 7) is 5.47. The van der Waals surface area contributed by atoms with Gasteiger partial charge >= 0.3 is 11.9 Å². The second kappa shape index (κ2) is 10.3. The van der Waals surface area contributed by atoms with Gasteiger partial charge in [-0.3, -0.25) is 14.9 Å². The Morgan fingerprint density at radius 3 is 2.73 bits per heavy atom. The number of nitro benzene ring substituents is 1. The van der Waals surface area contributed by atoms with Gasteiger partial charge in [-0.15, -0.1) is 0 Å². The molecule has 1 heterocycles. The fraction of sp³-hybridized carbons (Fsp3) is 0.261. The molecule has 1 aliphatic heterocycles. The second-order valence-corrected chi connectivity index (χ2v) is 7.44. The largest absolute Gasteiger partial charge is 0.490 e.